The van der Waals surface area contributed by atoms with Crippen LogP contribution in [0.2, 0.25) is 0 Å². The van der Waals surface area contributed by atoms with E-state index in [9.17, 15) is 4.79 Å². The van der Waals surface area contributed by atoms with Gasteiger partial charge in [0, 0.05) is 39.4 Å². The molecule has 3 fully saturated rings. The molecule has 2 saturated carbocycles. The minimum Gasteiger partial charge on any atom is -0.468 e. The van der Waals surface area contributed by atoms with E-state index in [1.165, 1.54) is 30.4 Å². The molecule has 0 bridgehead atoms. The quantitative estimate of drug-likeness (QED) is 0.396. The number of urea groups is 1. The third-order valence-electron chi connectivity index (χ3n) is 9.62. The van der Waals surface area contributed by atoms with Crippen molar-refractivity contribution in [2.24, 2.45) is 5.92 Å². The molecule has 1 spiro atoms. The van der Waals surface area contributed by atoms with Gasteiger partial charge in [0.15, 0.2) is 6.79 Å². The Labute approximate surface area is 228 Å². The molecule has 4 aliphatic rings. The number of methoxy groups -OCH3 is 2. The molecule has 208 valence electrons. The number of benzene rings is 1. The highest BCUT2D eigenvalue weighted by molar-refractivity contribution is 5.79. The largest absolute Gasteiger partial charge is 0.468 e. The van der Waals surface area contributed by atoms with Crippen LogP contribution >= 0.6 is 0 Å². The molecule has 7 nitrogen and oxygen atoms in total. The van der Waals surface area contributed by atoms with Crippen LogP contribution in [0, 0.1) is 5.92 Å². The van der Waals surface area contributed by atoms with Crippen molar-refractivity contribution in [1.82, 2.24) is 14.7 Å². The van der Waals surface area contributed by atoms with Crippen LogP contribution in [0.15, 0.2) is 48.1 Å². The molecule has 0 radical (unpaired) electrons. The Morgan fingerprint density at radius 3 is 2.50 bits per heavy atom. The zero-order valence-electron chi connectivity index (χ0n) is 23.7. The summed E-state index contributed by atoms with van der Waals surface area (Å²) >= 11 is 0. The van der Waals surface area contributed by atoms with Crippen molar-refractivity contribution in [3.05, 3.63) is 53.6 Å². The number of ether oxygens (including phenoxy) is 3. The number of hydrogen-bond acceptors (Lipinski definition) is 5. The molecule has 38 heavy (non-hydrogen) atoms. The molecule has 1 saturated heterocycles. The fourth-order valence-electron chi connectivity index (χ4n) is 6.92. The number of carbonyl (C=O) groups excluding carboxylic acids is 1. The Bertz CT molecular complexity index is 1040. The van der Waals surface area contributed by atoms with E-state index < -0.39 is 0 Å². The van der Waals surface area contributed by atoms with Crippen molar-refractivity contribution in [3.63, 3.8) is 0 Å². The lowest BCUT2D eigenvalue weighted by atomic mass is 9.68. The van der Waals surface area contributed by atoms with Gasteiger partial charge in [0.1, 0.15) is 5.75 Å². The third-order valence-corrected chi connectivity index (χ3v) is 9.62. The summed E-state index contributed by atoms with van der Waals surface area (Å²) in [5.41, 5.74) is 2.33. The molecule has 5 rings (SSSR count). The van der Waals surface area contributed by atoms with Crippen molar-refractivity contribution in [1.29, 1.82) is 0 Å². The van der Waals surface area contributed by atoms with Crippen LogP contribution in [0.4, 0.5) is 4.79 Å². The lowest BCUT2D eigenvalue weighted by Crippen LogP contribution is -2.56. The molecule has 0 N–H and O–H groups in total. The van der Waals surface area contributed by atoms with Gasteiger partial charge >= 0.3 is 6.03 Å². The molecule has 7 heteroatoms. The first kappa shape index (κ1) is 27.2. The molecular weight excluding hydrogens is 478 g/mol. The summed E-state index contributed by atoms with van der Waals surface area (Å²) in [6.45, 7) is 2.66. The molecule has 1 atom stereocenters. The lowest BCUT2D eigenvalue weighted by Gasteiger charge is -2.51. The van der Waals surface area contributed by atoms with E-state index in [0.29, 0.717) is 12.5 Å². The number of carbonyl (C=O) groups is 1. The van der Waals surface area contributed by atoms with Crippen molar-refractivity contribution in [3.8, 4) is 5.75 Å². The van der Waals surface area contributed by atoms with Crippen LogP contribution in [0.1, 0.15) is 56.9 Å². The van der Waals surface area contributed by atoms with Crippen molar-refractivity contribution in [2.45, 2.75) is 68.5 Å². The number of amides is 2. The first-order valence-corrected chi connectivity index (χ1v) is 14.3. The van der Waals surface area contributed by atoms with Gasteiger partial charge in [-0.15, -0.1) is 0 Å². The van der Waals surface area contributed by atoms with E-state index in [0.717, 1.165) is 50.9 Å². The van der Waals surface area contributed by atoms with E-state index in [4.69, 9.17) is 14.2 Å². The Morgan fingerprint density at radius 1 is 1.11 bits per heavy atom. The van der Waals surface area contributed by atoms with Crippen molar-refractivity contribution < 1.29 is 19.0 Å². The molecule has 1 unspecified atom stereocenters. The molecule has 1 heterocycles. The zero-order chi connectivity index (χ0) is 26.8. The summed E-state index contributed by atoms with van der Waals surface area (Å²) in [5.74, 6) is 1.49. The van der Waals surface area contributed by atoms with Gasteiger partial charge in [-0.05, 0) is 88.2 Å². The SMILES string of the molecule is COCOc1cccc([C@]2(N(C)C)CC[C@@]3(CC2)CN(CC2=CCC(OC)C=C2)C(=O)N3CC2CCC2)c1. The van der Waals surface area contributed by atoms with Crippen LogP contribution in [-0.4, -0.2) is 87.1 Å². The van der Waals surface area contributed by atoms with E-state index in [1.54, 1.807) is 14.2 Å². The fraction of sp³-hybridized carbons (Fsp3) is 0.645. The van der Waals surface area contributed by atoms with Gasteiger partial charge in [0.05, 0.1) is 11.6 Å². The van der Waals surface area contributed by atoms with Gasteiger partial charge in [-0.1, -0.05) is 36.8 Å². The Hall–Kier alpha value is -2.35. The van der Waals surface area contributed by atoms with E-state index in [1.807, 2.05) is 6.07 Å². The van der Waals surface area contributed by atoms with Gasteiger partial charge in [-0.2, -0.15) is 0 Å². The van der Waals surface area contributed by atoms with Crippen molar-refractivity contribution >= 4 is 6.03 Å². The van der Waals surface area contributed by atoms with Crippen LogP contribution in [-0.2, 0) is 15.0 Å². The zero-order valence-corrected chi connectivity index (χ0v) is 23.7. The number of hydrogen-bond donors (Lipinski definition) is 0. The molecular formula is C31H45N3O4. The minimum atomic E-state index is -0.0929. The van der Waals surface area contributed by atoms with Crippen molar-refractivity contribution in [2.75, 3.05) is 54.7 Å². The van der Waals surface area contributed by atoms with Gasteiger partial charge in [0.25, 0.3) is 0 Å². The predicted octanol–water partition coefficient (Wildman–Crippen LogP) is 5.18. The highest BCUT2D eigenvalue weighted by atomic mass is 16.7. The minimum absolute atomic E-state index is 0.0832. The fourth-order valence-corrected chi connectivity index (χ4v) is 6.92. The second-order valence-corrected chi connectivity index (χ2v) is 11.9. The van der Waals surface area contributed by atoms with Gasteiger partial charge in [0.2, 0.25) is 0 Å². The highest BCUT2D eigenvalue weighted by Crippen LogP contribution is 2.50. The van der Waals surface area contributed by atoms with E-state index >= 15 is 0 Å². The Balaban J connectivity index is 1.36. The second-order valence-electron chi connectivity index (χ2n) is 11.9. The highest BCUT2D eigenvalue weighted by Gasteiger charge is 2.55. The summed E-state index contributed by atoms with van der Waals surface area (Å²) < 4.78 is 16.4. The van der Waals surface area contributed by atoms with Gasteiger partial charge in [-0.25, -0.2) is 4.79 Å². The van der Waals surface area contributed by atoms with Crippen LogP contribution in [0.3, 0.4) is 0 Å². The van der Waals surface area contributed by atoms with Gasteiger partial charge < -0.3 is 24.0 Å². The predicted molar refractivity (Wildman–Crippen MR) is 149 cm³/mol. The summed E-state index contributed by atoms with van der Waals surface area (Å²) in [5, 5.41) is 0. The lowest BCUT2D eigenvalue weighted by molar-refractivity contribution is 0.0155. The Kier molecular flexibility index (Phi) is 8.17. The van der Waals surface area contributed by atoms with Crippen LogP contribution < -0.4 is 4.74 Å². The third kappa shape index (κ3) is 5.25. The van der Waals surface area contributed by atoms with Crippen LogP contribution in [0.25, 0.3) is 0 Å². The summed E-state index contributed by atoms with van der Waals surface area (Å²) in [7, 11) is 7.77. The summed E-state index contributed by atoms with van der Waals surface area (Å²) in [6, 6.07) is 8.70. The summed E-state index contributed by atoms with van der Waals surface area (Å²) in [6.07, 6.45) is 15.3. The maximum absolute atomic E-state index is 13.9. The first-order valence-electron chi connectivity index (χ1n) is 14.3. The average Bonchev–Trinajstić information content (AvgIpc) is 3.15. The molecule has 2 amide bonds. The average molecular weight is 524 g/mol. The van der Waals surface area contributed by atoms with Crippen LogP contribution in [0.5, 0.6) is 5.75 Å². The van der Waals surface area contributed by atoms with Gasteiger partial charge in [-0.3, -0.25) is 4.90 Å². The van der Waals surface area contributed by atoms with E-state index in [2.05, 4.69) is 65.2 Å². The number of nitrogens with zero attached hydrogens (tertiary/aromatic N) is 3. The monoisotopic (exact) mass is 523 g/mol. The molecule has 1 aliphatic heterocycles. The molecule has 1 aromatic carbocycles. The molecule has 1 aromatic rings. The molecule has 0 aromatic heterocycles. The number of rotatable bonds is 10. The topological polar surface area (TPSA) is 54.5 Å². The maximum Gasteiger partial charge on any atom is 0.320 e. The summed E-state index contributed by atoms with van der Waals surface area (Å²) in [4.78, 5) is 20.7. The normalized spacial score (nSPS) is 29.8. The second kappa shape index (κ2) is 11.4. The maximum atomic E-state index is 13.9. The molecule has 3 aliphatic carbocycles. The first-order chi connectivity index (χ1) is 18.4. The van der Waals surface area contributed by atoms with E-state index in [-0.39, 0.29) is 30.0 Å². The standard InChI is InChI=1S/C31H45N3O4/c1-32(2)31(26-9-6-10-28(19-26)38-23-36-3)17-15-30(16-18-31)22-33(20-25-11-13-27(37-4)14-12-25)29(35)34(30)21-24-7-5-8-24/h6,9-13,19,24,27H,5,7-8,14-18,20-23H2,1-4H3/t27?,30-,31+. The Morgan fingerprint density at radius 2 is 1.89 bits per heavy atom. The smallest absolute Gasteiger partial charge is 0.320 e.